The minimum Gasteiger partial charge on any atom is -0.508 e. The smallest absolute Gasteiger partial charge is 0.305 e. The van der Waals surface area contributed by atoms with Crippen LogP contribution in [0.2, 0.25) is 0 Å². The van der Waals surface area contributed by atoms with Crippen molar-refractivity contribution < 1.29 is 58.5 Å². The Morgan fingerprint density at radius 2 is 0.886 bits per heavy atom. The zero-order valence-corrected chi connectivity index (χ0v) is 48.7. The molecule has 0 saturated heterocycles. The first kappa shape index (κ1) is 65.3. The van der Waals surface area contributed by atoms with Gasteiger partial charge in [-0.15, -0.1) is 0 Å². The first-order valence-corrected chi connectivity index (χ1v) is 28.5. The van der Waals surface area contributed by atoms with E-state index in [1.807, 2.05) is 42.5 Å². The summed E-state index contributed by atoms with van der Waals surface area (Å²) in [7, 11) is 0. The lowest BCUT2D eigenvalue weighted by Gasteiger charge is -2.29. The Morgan fingerprint density at radius 1 is 0.500 bits per heavy atom. The molecule has 7 rings (SSSR count). The van der Waals surface area contributed by atoms with Gasteiger partial charge >= 0.3 is 5.97 Å². The Kier molecular flexibility index (Phi) is 22.4. The van der Waals surface area contributed by atoms with Gasteiger partial charge in [0.2, 0.25) is 47.3 Å². The summed E-state index contributed by atoms with van der Waals surface area (Å²) in [6.07, 6.45) is 2.22. The number of phenols is 1. The van der Waals surface area contributed by atoms with Gasteiger partial charge in [-0.1, -0.05) is 80.6 Å². The van der Waals surface area contributed by atoms with Gasteiger partial charge in [-0.25, -0.2) is 0 Å². The molecule has 3 heterocycles. The second-order valence-electron chi connectivity index (χ2n) is 21.9. The van der Waals surface area contributed by atoms with Crippen molar-refractivity contribution in [2.24, 2.45) is 33.8 Å². The molecule has 0 fully saturated rings. The molecular formula is C61H75N15O12. The number of carbonyl (C=O) groups excluding carboxylic acids is 8. The molecule has 0 aliphatic rings. The molecule has 88 heavy (non-hydrogen) atoms. The molecule has 4 aromatic carbocycles. The molecular weight excluding hydrogens is 1130 g/mol. The number of H-pyrrole nitrogens is 3. The number of nitrogens with zero attached hydrogens (tertiary/aromatic N) is 1. The number of fused-ring (bicyclic) bond motifs is 3. The van der Waals surface area contributed by atoms with Crippen molar-refractivity contribution in [3.05, 3.63) is 138 Å². The minimum absolute atomic E-state index is 0.0501. The van der Waals surface area contributed by atoms with Crippen LogP contribution < -0.4 is 60.2 Å². The second-order valence-corrected chi connectivity index (χ2v) is 21.9. The maximum Gasteiger partial charge on any atom is 0.305 e. The summed E-state index contributed by atoms with van der Waals surface area (Å²) in [6.45, 7) is 4.64. The maximum absolute atomic E-state index is 15.1. The third-order valence-electron chi connectivity index (χ3n) is 14.9. The van der Waals surface area contributed by atoms with Crippen LogP contribution in [0.5, 0.6) is 5.75 Å². The molecule has 27 nitrogen and oxygen atoms in total. The van der Waals surface area contributed by atoms with Gasteiger partial charge in [-0.3, -0.25) is 48.1 Å². The van der Waals surface area contributed by atoms with E-state index in [0.717, 1.165) is 21.8 Å². The van der Waals surface area contributed by atoms with Gasteiger partial charge in [0.1, 0.15) is 54.1 Å². The molecule has 0 bridgehead atoms. The Bertz CT molecular complexity index is 3660. The van der Waals surface area contributed by atoms with Crippen molar-refractivity contribution in [2.45, 2.75) is 120 Å². The normalized spacial score (nSPS) is 14.4. The molecule has 0 unspecified atom stereocenters. The van der Waals surface area contributed by atoms with E-state index >= 15 is 14.4 Å². The number of aliphatic imine (C=N–C) groups is 1. The number of aromatic amines is 3. The van der Waals surface area contributed by atoms with E-state index in [2.05, 4.69) is 57.2 Å². The van der Waals surface area contributed by atoms with Gasteiger partial charge in [0.05, 0.1) is 12.5 Å². The van der Waals surface area contributed by atoms with Crippen LogP contribution in [-0.2, 0) is 68.8 Å². The number of hydrogen-bond acceptors (Lipinski definition) is 13. The van der Waals surface area contributed by atoms with Gasteiger partial charge in [-0.05, 0) is 78.3 Å². The summed E-state index contributed by atoms with van der Waals surface area (Å²) in [4.78, 5) is 140. The molecule has 8 amide bonds. The summed E-state index contributed by atoms with van der Waals surface area (Å²) in [5.41, 5.74) is 26.9. The third-order valence-corrected chi connectivity index (χ3v) is 14.9. The SMILES string of the molecule is CC(C)[C@H](NC(=O)[C@@H](Cc1c[nH]c2ccccc12)NC(=O)[C@H](Cc1ccc(O)cc1)NC(=O)[C@H](CC(=O)O)NC(=O)[C@@H](N)[C@@H](C)O)C(=O)N[C@H](Cc1c[nH]c2ccccc12)C(=O)N[C@H](Cc1c[nH]c2ccccc12)C(=O)N[C@@H](CCCN=C(N)N)C(N)=O. The number of benzene rings is 4. The fourth-order valence-corrected chi connectivity index (χ4v) is 10.1. The molecule has 0 aliphatic carbocycles. The predicted octanol–water partition coefficient (Wildman–Crippen LogP) is -0.122. The molecule has 27 heteroatoms. The highest BCUT2D eigenvalue weighted by atomic mass is 16.4. The number of primary amides is 1. The van der Waals surface area contributed by atoms with Crippen LogP contribution in [0.25, 0.3) is 32.7 Å². The summed E-state index contributed by atoms with van der Waals surface area (Å²) in [5.74, 6) is -9.83. The standard InChI is InChI=1S/C61H75N15O12/c1-31(2)52(76-58(86)48(26-36-30-69-43-16-9-6-13-40(36)43)73-54(82)45(23-33-18-20-37(78)21-19-33)71-57(85)49(27-50(79)80)74-59(87)51(62)32(3)77)60(88)75-47(25-35-29-68-42-15-8-5-12-39(35)42)56(84)72-46(24-34-28-67-41-14-7-4-11-38(34)41)55(83)70-44(53(63)81)17-10-22-66-61(64)65/h4-9,11-16,18-21,28-32,44-49,51-52,67-69,77-78H,10,17,22-27,62H2,1-3H3,(H2,63,81)(H,70,83)(H,71,85)(H,72,84)(H,73,82)(H,74,87)(H,75,88)(H,76,86)(H,79,80)(H4,64,65,66)/t32-,44+,45+,46-,47-,48-,49+,51+,52+/m1/s1. The molecule has 0 saturated carbocycles. The fraction of sp³-hybridized carbons (Fsp3) is 0.344. The van der Waals surface area contributed by atoms with Crippen LogP contribution in [0.3, 0.4) is 0 Å². The van der Waals surface area contributed by atoms with Crippen molar-refractivity contribution >= 4 is 91.9 Å². The third kappa shape index (κ3) is 17.7. The number of aromatic nitrogens is 3. The Hall–Kier alpha value is -10.3. The molecule has 21 N–H and O–H groups in total. The second kappa shape index (κ2) is 30.2. The minimum atomic E-state index is -1.81. The molecule has 0 spiro atoms. The van der Waals surface area contributed by atoms with E-state index in [1.54, 1.807) is 62.8 Å². The van der Waals surface area contributed by atoms with Crippen LogP contribution in [0.4, 0.5) is 0 Å². The van der Waals surface area contributed by atoms with Crippen molar-refractivity contribution in [2.75, 3.05) is 6.54 Å². The lowest BCUT2D eigenvalue weighted by molar-refractivity contribution is -0.141. The number of carboxylic acid groups (broad SMARTS) is 1. The van der Waals surface area contributed by atoms with Crippen LogP contribution in [-0.4, -0.2) is 150 Å². The summed E-state index contributed by atoms with van der Waals surface area (Å²) >= 11 is 0. The molecule has 9 atom stereocenters. The molecule has 0 aliphatic heterocycles. The van der Waals surface area contributed by atoms with Crippen molar-refractivity contribution in [3.8, 4) is 5.75 Å². The van der Waals surface area contributed by atoms with Crippen LogP contribution in [0, 0.1) is 5.92 Å². The van der Waals surface area contributed by atoms with E-state index in [4.69, 9.17) is 22.9 Å². The average Bonchev–Trinajstić information content (AvgIpc) is 3.85. The Labute approximate surface area is 505 Å². The molecule has 466 valence electrons. The molecule has 0 radical (unpaired) electrons. The van der Waals surface area contributed by atoms with Gasteiger partial charge in [0, 0.05) is 83.5 Å². The van der Waals surface area contributed by atoms with Crippen LogP contribution >= 0.6 is 0 Å². The number of rotatable bonds is 31. The maximum atomic E-state index is 15.1. The van der Waals surface area contributed by atoms with Gasteiger partial charge in [-0.2, -0.15) is 0 Å². The number of nitrogens with two attached hydrogens (primary N) is 4. The monoisotopic (exact) mass is 1210 g/mol. The zero-order valence-electron chi connectivity index (χ0n) is 48.7. The highest BCUT2D eigenvalue weighted by Crippen LogP contribution is 2.23. The quantitative estimate of drug-likeness (QED) is 0.0153. The molecule has 3 aromatic heterocycles. The van der Waals surface area contributed by atoms with E-state index in [1.165, 1.54) is 31.2 Å². The lowest BCUT2D eigenvalue weighted by Crippen LogP contribution is -2.62. The van der Waals surface area contributed by atoms with Crippen molar-refractivity contribution in [3.63, 3.8) is 0 Å². The molecule has 7 aromatic rings. The number of amides is 8. The largest absolute Gasteiger partial charge is 0.508 e. The summed E-state index contributed by atoms with van der Waals surface area (Å²) in [5, 5.41) is 50.5. The average molecular weight is 1210 g/mol. The topological polar surface area (TPSA) is 462 Å². The number of aromatic hydroxyl groups is 1. The number of hydrogen-bond donors (Lipinski definition) is 17. The number of carboxylic acids is 1. The van der Waals surface area contributed by atoms with Crippen LogP contribution in [0.15, 0.2) is 121 Å². The van der Waals surface area contributed by atoms with Crippen molar-refractivity contribution in [1.82, 2.24) is 52.2 Å². The highest BCUT2D eigenvalue weighted by Gasteiger charge is 2.37. The van der Waals surface area contributed by atoms with Crippen molar-refractivity contribution in [1.29, 1.82) is 0 Å². The Morgan fingerprint density at radius 3 is 1.30 bits per heavy atom. The first-order valence-electron chi connectivity index (χ1n) is 28.5. The first-order chi connectivity index (χ1) is 41.9. The number of aliphatic carboxylic acids is 1. The number of guanidine groups is 1. The summed E-state index contributed by atoms with van der Waals surface area (Å²) in [6, 6.07) is 15.4. The number of nitrogens with one attached hydrogen (secondary N) is 10. The number of para-hydroxylation sites is 3. The van der Waals surface area contributed by atoms with Gasteiger partial charge < -0.3 is 90.4 Å². The number of aliphatic hydroxyl groups is 1. The number of carbonyl (C=O) groups is 9. The van der Waals surface area contributed by atoms with E-state index < -0.39 is 120 Å². The Balaban J connectivity index is 1.20. The highest BCUT2D eigenvalue weighted by molar-refractivity contribution is 6.00. The number of phenolic OH excluding ortho intramolecular Hbond substituents is 1. The van der Waals surface area contributed by atoms with Gasteiger partial charge in [0.25, 0.3) is 0 Å². The zero-order chi connectivity index (χ0) is 63.8. The van der Waals surface area contributed by atoms with E-state index in [9.17, 15) is 44.1 Å². The number of aliphatic hydroxyl groups excluding tert-OH is 1. The van der Waals surface area contributed by atoms with Crippen LogP contribution in [0.1, 0.15) is 62.3 Å². The summed E-state index contributed by atoms with van der Waals surface area (Å²) < 4.78 is 0. The predicted molar refractivity (Wildman–Crippen MR) is 327 cm³/mol. The fourth-order valence-electron chi connectivity index (χ4n) is 10.1. The van der Waals surface area contributed by atoms with E-state index in [0.29, 0.717) is 33.2 Å². The van der Waals surface area contributed by atoms with Gasteiger partial charge in [0.15, 0.2) is 5.96 Å². The van der Waals surface area contributed by atoms with E-state index in [-0.39, 0.29) is 56.8 Å². The lowest BCUT2D eigenvalue weighted by atomic mass is 9.98.